The summed E-state index contributed by atoms with van der Waals surface area (Å²) < 4.78 is 5.09. The van der Waals surface area contributed by atoms with E-state index in [0.29, 0.717) is 11.4 Å². The van der Waals surface area contributed by atoms with E-state index in [9.17, 15) is 4.79 Å². The van der Waals surface area contributed by atoms with Crippen molar-refractivity contribution < 1.29 is 9.53 Å². The molecule has 1 aromatic rings. The smallest absolute Gasteiger partial charge is 0.272 e. The van der Waals surface area contributed by atoms with Crippen LogP contribution in [0.2, 0.25) is 0 Å². The number of pyridine rings is 1. The lowest BCUT2D eigenvalue weighted by atomic mass is 10.2. The molecule has 1 aliphatic rings. The maximum absolute atomic E-state index is 12.2. The maximum Gasteiger partial charge on any atom is 0.272 e. The number of rotatable bonds is 2. The third-order valence-electron chi connectivity index (χ3n) is 2.98. The molecule has 2 heterocycles. The number of methoxy groups -OCH3 is 1. The van der Waals surface area contributed by atoms with Gasteiger partial charge in [-0.05, 0) is 13.1 Å². The van der Waals surface area contributed by atoms with Gasteiger partial charge < -0.3 is 14.5 Å². The molecule has 0 aromatic carbocycles. The first-order valence-electron chi connectivity index (χ1n) is 5.68. The second-order valence-corrected chi connectivity index (χ2v) is 4.18. The van der Waals surface area contributed by atoms with Gasteiger partial charge in [-0.25, -0.2) is 0 Å². The van der Waals surface area contributed by atoms with Crippen molar-refractivity contribution in [1.82, 2.24) is 14.8 Å². The molecular weight excluding hydrogens is 218 g/mol. The fourth-order valence-corrected chi connectivity index (χ4v) is 1.83. The Morgan fingerprint density at radius 1 is 1.35 bits per heavy atom. The second kappa shape index (κ2) is 5.14. The maximum atomic E-state index is 12.2. The van der Waals surface area contributed by atoms with Crippen LogP contribution in [-0.2, 0) is 0 Å². The lowest BCUT2D eigenvalue weighted by Crippen LogP contribution is -2.47. The zero-order valence-corrected chi connectivity index (χ0v) is 10.2. The highest BCUT2D eigenvalue weighted by atomic mass is 16.5. The molecule has 0 spiro atoms. The third kappa shape index (κ3) is 2.74. The number of hydrogen-bond acceptors (Lipinski definition) is 4. The number of nitrogens with zero attached hydrogens (tertiary/aromatic N) is 3. The number of likely N-dealkylation sites (N-methyl/N-ethyl adjacent to an activating group) is 1. The Bertz CT molecular complexity index is 400. The van der Waals surface area contributed by atoms with Crippen LogP contribution in [0.3, 0.4) is 0 Å². The highest BCUT2D eigenvalue weighted by Crippen LogP contribution is 2.12. The number of ether oxygens (including phenoxy) is 1. The molecule has 5 nitrogen and oxygen atoms in total. The zero-order valence-electron chi connectivity index (χ0n) is 10.2. The van der Waals surface area contributed by atoms with Crippen LogP contribution in [0.5, 0.6) is 5.75 Å². The molecule has 0 N–H and O–H groups in total. The van der Waals surface area contributed by atoms with Crippen LogP contribution in [0.4, 0.5) is 0 Å². The average Bonchev–Trinajstić information content (AvgIpc) is 2.39. The summed E-state index contributed by atoms with van der Waals surface area (Å²) in [6.45, 7) is 3.34. The van der Waals surface area contributed by atoms with Crippen molar-refractivity contribution in [3.8, 4) is 5.75 Å². The molecule has 0 unspecified atom stereocenters. The van der Waals surface area contributed by atoms with Gasteiger partial charge >= 0.3 is 0 Å². The molecule has 0 aliphatic carbocycles. The number of carbonyl (C=O) groups excluding carboxylic acids is 1. The molecule has 0 atom stereocenters. The van der Waals surface area contributed by atoms with Gasteiger partial charge in [-0.15, -0.1) is 0 Å². The average molecular weight is 235 g/mol. The molecule has 1 saturated heterocycles. The SMILES string of the molecule is COc1ccnc(C(=O)N2CCN(C)CC2)c1. The topological polar surface area (TPSA) is 45.7 Å². The predicted octanol–water partition coefficient (Wildman–Crippen LogP) is 0.478. The Hall–Kier alpha value is -1.62. The van der Waals surface area contributed by atoms with E-state index in [1.54, 1.807) is 25.4 Å². The minimum Gasteiger partial charge on any atom is -0.497 e. The molecular formula is C12H17N3O2. The minimum atomic E-state index is -0.0167. The van der Waals surface area contributed by atoms with E-state index >= 15 is 0 Å². The molecule has 0 saturated carbocycles. The van der Waals surface area contributed by atoms with E-state index in [4.69, 9.17) is 4.74 Å². The minimum absolute atomic E-state index is 0.0167. The van der Waals surface area contributed by atoms with E-state index in [2.05, 4.69) is 16.9 Å². The van der Waals surface area contributed by atoms with E-state index in [1.807, 2.05) is 4.90 Å². The molecule has 1 aromatic heterocycles. The van der Waals surface area contributed by atoms with Crippen molar-refractivity contribution in [1.29, 1.82) is 0 Å². The molecule has 1 aliphatic heterocycles. The van der Waals surface area contributed by atoms with Crippen molar-refractivity contribution in [2.24, 2.45) is 0 Å². The lowest BCUT2D eigenvalue weighted by molar-refractivity contribution is 0.0658. The fraction of sp³-hybridized carbons (Fsp3) is 0.500. The van der Waals surface area contributed by atoms with Gasteiger partial charge in [0.15, 0.2) is 0 Å². The van der Waals surface area contributed by atoms with Gasteiger partial charge in [0.25, 0.3) is 5.91 Å². The van der Waals surface area contributed by atoms with E-state index in [-0.39, 0.29) is 5.91 Å². The summed E-state index contributed by atoms with van der Waals surface area (Å²) in [5.74, 6) is 0.648. The molecule has 17 heavy (non-hydrogen) atoms. The zero-order chi connectivity index (χ0) is 12.3. The molecule has 0 bridgehead atoms. The molecule has 5 heteroatoms. The number of hydrogen-bond donors (Lipinski definition) is 0. The van der Waals surface area contributed by atoms with Crippen LogP contribution in [0.25, 0.3) is 0 Å². The quantitative estimate of drug-likeness (QED) is 0.748. The Morgan fingerprint density at radius 3 is 2.71 bits per heavy atom. The van der Waals surface area contributed by atoms with Crippen LogP contribution in [-0.4, -0.2) is 61.0 Å². The first-order valence-corrected chi connectivity index (χ1v) is 5.68. The lowest BCUT2D eigenvalue weighted by Gasteiger charge is -2.32. The van der Waals surface area contributed by atoms with Crippen LogP contribution in [0.15, 0.2) is 18.3 Å². The third-order valence-corrected chi connectivity index (χ3v) is 2.98. The highest BCUT2D eigenvalue weighted by Gasteiger charge is 2.21. The number of aromatic nitrogens is 1. The molecule has 1 fully saturated rings. The Kier molecular flexibility index (Phi) is 3.58. The number of carbonyl (C=O) groups is 1. The van der Waals surface area contributed by atoms with E-state index < -0.39 is 0 Å². The van der Waals surface area contributed by atoms with Gasteiger partial charge in [-0.3, -0.25) is 9.78 Å². The first-order chi connectivity index (χ1) is 8.20. The summed E-state index contributed by atoms with van der Waals surface area (Å²) in [6.07, 6.45) is 1.60. The van der Waals surface area contributed by atoms with E-state index in [1.165, 1.54) is 0 Å². The molecule has 92 valence electrons. The van der Waals surface area contributed by atoms with Crippen LogP contribution < -0.4 is 4.74 Å². The summed E-state index contributed by atoms with van der Waals surface area (Å²) >= 11 is 0. The van der Waals surface area contributed by atoms with Crippen LogP contribution >= 0.6 is 0 Å². The predicted molar refractivity (Wildman–Crippen MR) is 64.2 cm³/mol. The van der Waals surface area contributed by atoms with Gasteiger partial charge in [0.2, 0.25) is 0 Å². The van der Waals surface area contributed by atoms with Crippen LogP contribution in [0.1, 0.15) is 10.5 Å². The highest BCUT2D eigenvalue weighted by molar-refractivity contribution is 5.92. The summed E-state index contributed by atoms with van der Waals surface area (Å²) in [5.41, 5.74) is 0.453. The standard InChI is InChI=1S/C12H17N3O2/c1-14-5-7-15(8-6-14)12(16)11-9-10(17-2)3-4-13-11/h3-4,9H,5-8H2,1-2H3. The van der Waals surface area contributed by atoms with Gasteiger partial charge in [-0.2, -0.15) is 0 Å². The Morgan fingerprint density at radius 2 is 2.06 bits per heavy atom. The summed E-state index contributed by atoms with van der Waals surface area (Å²) in [4.78, 5) is 20.3. The normalized spacial score (nSPS) is 16.9. The van der Waals surface area contributed by atoms with Crippen molar-refractivity contribution in [2.45, 2.75) is 0 Å². The van der Waals surface area contributed by atoms with Gasteiger partial charge in [0.1, 0.15) is 11.4 Å². The molecule has 1 amide bonds. The molecule has 0 radical (unpaired) electrons. The van der Waals surface area contributed by atoms with Gasteiger partial charge in [0, 0.05) is 38.4 Å². The van der Waals surface area contributed by atoms with Crippen molar-refractivity contribution in [3.05, 3.63) is 24.0 Å². The van der Waals surface area contributed by atoms with Crippen molar-refractivity contribution in [3.63, 3.8) is 0 Å². The van der Waals surface area contributed by atoms with Gasteiger partial charge in [-0.1, -0.05) is 0 Å². The monoisotopic (exact) mass is 235 g/mol. The Balaban J connectivity index is 2.08. The van der Waals surface area contributed by atoms with Crippen molar-refractivity contribution >= 4 is 5.91 Å². The summed E-state index contributed by atoms with van der Waals surface area (Å²) in [7, 11) is 3.64. The fourth-order valence-electron chi connectivity index (χ4n) is 1.83. The number of piperazine rings is 1. The first kappa shape index (κ1) is 11.9. The Labute approximate surface area is 101 Å². The summed E-state index contributed by atoms with van der Waals surface area (Å²) in [5, 5.41) is 0. The summed E-state index contributed by atoms with van der Waals surface area (Å²) in [6, 6.07) is 3.42. The largest absolute Gasteiger partial charge is 0.497 e. The van der Waals surface area contributed by atoms with E-state index in [0.717, 1.165) is 26.2 Å². The second-order valence-electron chi connectivity index (χ2n) is 4.18. The van der Waals surface area contributed by atoms with Crippen molar-refractivity contribution in [2.75, 3.05) is 40.3 Å². The van der Waals surface area contributed by atoms with Gasteiger partial charge in [0.05, 0.1) is 7.11 Å². The van der Waals surface area contributed by atoms with Crippen LogP contribution in [0, 0.1) is 0 Å². The number of amides is 1. The molecule has 2 rings (SSSR count).